The van der Waals surface area contributed by atoms with Crippen molar-refractivity contribution in [3.05, 3.63) is 47.0 Å². The number of hydrogen-bond acceptors (Lipinski definition) is 3. The van der Waals surface area contributed by atoms with Gasteiger partial charge in [-0.2, -0.15) is 0 Å². The van der Waals surface area contributed by atoms with Crippen LogP contribution in [0, 0.1) is 12.7 Å². The molecule has 1 aromatic carbocycles. The predicted octanol–water partition coefficient (Wildman–Crippen LogP) is 1.88. The maximum absolute atomic E-state index is 12.9. The number of halogens is 1. The molecule has 0 spiro atoms. The van der Waals surface area contributed by atoms with E-state index in [2.05, 4.69) is 15.3 Å². The van der Waals surface area contributed by atoms with E-state index in [-0.39, 0.29) is 11.7 Å². The monoisotopic (exact) mass is 257 g/mol. The van der Waals surface area contributed by atoms with Gasteiger partial charge in [0.2, 0.25) is 0 Å². The fourth-order valence-corrected chi connectivity index (χ4v) is 2.22. The third-order valence-corrected chi connectivity index (χ3v) is 3.14. The molecular weight excluding hydrogens is 245 g/mol. The molecule has 1 aliphatic heterocycles. The molecule has 1 aromatic heterocycles. The number of amides is 1. The fraction of sp³-hybridized carbons (Fsp3) is 0.214. The number of nitrogens with one attached hydrogen (secondary N) is 1. The Morgan fingerprint density at radius 2 is 1.95 bits per heavy atom. The average Bonchev–Trinajstić information content (AvgIpc) is 2.39. The van der Waals surface area contributed by atoms with Gasteiger partial charge in [0.05, 0.1) is 17.0 Å². The first-order chi connectivity index (χ1) is 9.15. The number of carbonyl (C=O) groups is 1. The Hall–Kier alpha value is -2.30. The number of nitrogens with zero attached hydrogens (tertiary/aromatic N) is 2. The first-order valence-corrected chi connectivity index (χ1v) is 6.07. The van der Waals surface area contributed by atoms with Crippen LogP contribution in [0.2, 0.25) is 0 Å². The van der Waals surface area contributed by atoms with Crippen LogP contribution in [0.15, 0.2) is 24.3 Å². The van der Waals surface area contributed by atoms with Gasteiger partial charge in [0, 0.05) is 18.5 Å². The maximum Gasteiger partial charge on any atom is 0.254 e. The van der Waals surface area contributed by atoms with Crippen LogP contribution in [0.3, 0.4) is 0 Å². The van der Waals surface area contributed by atoms with E-state index in [1.54, 1.807) is 19.1 Å². The van der Waals surface area contributed by atoms with Crippen molar-refractivity contribution in [2.75, 3.05) is 6.54 Å². The zero-order valence-corrected chi connectivity index (χ0v) is 10.4. The zero-order valence-electron chi connectivity index (χ0n) is 10.4. The van der Waals surface area contributed by atoms with Gasteiger partial charge >= 0.3 is 0 Å². The van der Waals surface area contributed by atoms with E-state index in [0.717, 1.165) is 11.3 Å². The van der Waals surface area contributed by atoms with E-state index in [9.17, 15) is 9.18 Å². The van der Waals surface area contributed by atoms with Crippen LogP contribution in [-0.4, -0.2) is 22.4 Å². The van der Waals surface area contributed by atoms with Crippen molar-refractivity contribution >= 4 is 5.91 Å². The third kappa shape index (κ3) is 2.07. The Morgan fingerprint density at radius 1 is 1.21 bits per heavy atom. The summed E-state index contributed by atoms with van der Waals surface area (Å²) in [6.45, 7) is 2.38. The van der Waals surface area contributed by atoms with Gasteiger partial charge < -0.3 is 5.32 Å². The normalized spacial score (nSPS) is 13.9. The topological polar surface area (TPSA) is 54.9 Å². The summed E-state index contributed by atoms with van der Waals surface area (Å²) in [5.74, 6) is 0.119. The summed E-state index contributed by atoms with van der Waals surface area (Å²) in [6.07, 6.45) is 0.693. The molecular formula is C14H12FN3O. The Labute approximate surface area is 109 Å². The number of fused-ring (bicyclic) bond motifs is 1. The molecule has 0 fully saturated rings. The van der Waals surface area contributed by atoms with Crippen LogP contribution in [0.1, 0.15) is 21.7 Å². The number of rotatable bonds is 1. The number of aromatic nitrogens is 2. The van der Waals surface area contributed by atoms with Gasteiger partial charge in [-0.1, -0.05) is 0 Å². The van der Waals surface area contributed by atoms with Crippen molar-refractivity contribution in [1.29, 1.82) is 0 Å². The highest BCUT2D eigenvalue weighted by atomic mass is 19.1. The summed E-state index contributed by atoms with van der Waals surface area (Å²) >= 11 is 0. The van der Waals surface area contributed by atoms with Gasteiger partial charge in [-0.25, -0.2) is 14.4 Å². The van der Waals surface area contributed by atoms with E-state index in [4.69, 9.17) is 0 Å². The molecule has 0 aliphatic carbocycles. The molecule has 0 bridgehead atoms. The van der Waals surface area contributed by atoms with Crippen LogP contribution in [0.4, 0.5) is 4.39 Å². The summed E-state index contributed by atoms with van der Waals surface area (Å²) in [5.41, 5.74) is 2.73. The Kier molecular flexibility index (Phi) is 2.74. The highest BCUT2D eigenvalue weighted by Crippen LogP contribution is 2.21. The van der Waals surface area contributed by atoms with Gasteiger partial charge in [0.25, 0.3) is 5.91 Å². The summed E-state index contributed by atoms with van der Waals surface area (Å²) < 4.78 is 12.9. The van der Waals surface area contributed by atoms with Crippen molar-refractivity contribution in [3.63, 3.8) is 0 Å². The van der Waals surface area contributed by atoms with Crippen LogP contribution in [0.25, 0.3) is 11.4 Å². The molecule has 1 amide bonds. The molecule has 1 aliphatic rings. The highest BCUT2D eigenvalue weighted by molar-refractivity contribution is 5.97. The maximum atomic E-state index is 12.9. The van der Waals surface area contributed by atoms with Gasteiger partial charge in [0.1, 0.15) is 5.82 Å². The highest BCUT2D eigenvalue weighted by Gasteiger charge is 2.22. The van der Waals surface area contributed by atoms with E-state index in [1.807, 2.05) is 0 Å². The molecule has 96 valence electrons. The van der Waals surface area contributed by atoms with E-state index < -0.39 is 0 Å². The Bertz CT molecular complexity index is 652. The zero-order chi connectivity index (χ0) is 13.4. The lowest BCUT2D eigenvalue weighted by Gasteiger charge is -2.17. The molecule has 19 heavy (non-hydrogen) atoms. The average molecular weight is 257 g/mol. The van der Waals surface area contributed by atoms with Crippen molar-refractivity contribution in [3.8, 4) is 11.4 Å². The number of benzene rings is 1. The Morgan fingerprint density at radius 3 is 2.68 bits per heavy atom. The summed E-state index contributed by atoms with van der Waals surface area (Å²) in [7, 11) is 0. The quantitative estimate of drug-likeness (QED) is 0.848. The van der Waals surface area contributed by atoms with E-state index in [1.165, 1.54) is 12.1 Å². The fourth-order valence-electron chi connectivity index (χ4n) is 2.22. The second-order valence-corrected chi connectivity index (χ2v) is 4.47. The number of hydrogen-bond donors (Lipinski definition) is 1. The summed E-state index contributed by atoms with van der Waals surface area (Å²) in [5, 5.41) is 2.78. The molecule has 0 atom stereocenters. The lowest BCUT2D eigenvalue weighted by Crippen LogP contribution is -2.33. The van der Waals surface area contributed by atoms with E-state index in [0.29, 0.717) is 30.0 Å². The predicted molar refractivity (Wildman–Crippen MR) is 68.2 cm³/mol. The first-order valence-electron chi connectivity index (χ1n) is 6.07. The molecule has 4 nitrogen and oxygen atoms in total. The smallest absolute Gasteiger partial charge is 0.254 e. The SMILES string of the molecule is Cc1nc(-c2ccc(F)cc2)nc2c1C(=O)NCC2. The largest absolute Gasteiger partial charge is 0.352 e. The van der Waals surface area contributed by atoms with Crippen molar-refractivity contribution < 1.29 is 9.18 Å². The van der Waals surface area contributed by atoms with Crippen LogP contribution in [-0.2, 0) is 6.42 Å². The van der Waals surface area contributed by atoms with Crippen molar-refractivity contribution in [2.45, 2.75) is 13.3 Å². The van der Waals surface area contributed by atoms with Crippen LogP contribution >= 0.6 is 0 Å². The Balaban J connectivity index is 2.12. The van der Waals surface area contributed by atoms with Crippen LogP contribution < -0.4 is 5.32 Å². The molecule has 0 unspecified atom stereocenters. The standard InChI is InChI=1S/C14H12FN3O/c1-8-12-11(6-7-16-14(12)19)18-13(17-8)9-2-4-10(15)5-3-9/h2-5H,6-7H2,1H3,(H,16,19). The van der Waals surface area contributed by atoms with Crippen molar-refractivity contribution in [1.82, 2.24) is 15.3 Å². The first kappa shape index (κ1) is 11.8. The van der Waals surface area contributed by atoms with Gasteiger partial charge in [-0.05, 0) is 31.2 Å². The van der Waals surface area contributed by atoms with Gasteiger partial charge in [0.15, 0.2) is 5.82 Å². The lowest BCUT2D eigenvalue weighted by atomic mass is 10.0. The molecule has 0 radical (unpaired) electrons. The molecule has 2 aromatic rings. The summed E-state index contributed by atoms with van der Waals surface area (Å²) in [4.78, 5) is 20.5. The minimum Gasteiger partial charge on any atom is -0.352 e. The van der Waals surface area contributed by atoms with Gasteiger partial charge in [-0.3, -0.25) is 4.79 Å². The molecule has 3 rings (SSSR count). The lowest BCUT2D eigenvalue weighted by molar-refractivity contribution is 0.0944. The third-order valence-electron chi connectivity index (χ3n) is 3.14. The molecule has 5 heteroatoms. The van der Waals surface area contributed by atoms with Crippen molar-refractivity contribution in [2.24, 2.45) is 0 Å². The van der Waals surface area contributed by atoms with Crippen LogP contribution in [0.5, 0.6) is 0 Å². The number of carbonyl (C=O) groups excluding carboxylic acids is 1. The second kappa shape index (κ2) is 4.42. The molecule has 1 N–H and O–H groups in total. The second-order valence-electron chi connectivity index (χ2n) is 4.47. The molecule has 0 saturated carbocycles. The molecule has 2 heterocycles. The van der Waals surface area contributed by atoms with Gasteiger partial charge in [-0.15, -0.1) is 0 Å². The molecule has 0 saturated heterocycles. The summed E-state index contributed by atoms with van der Waals surface area (Å²) in [6, 6.07) is 6.03. The minimum absolute atomic E-state index is 0.121. The van der Waals surface area contributed by atoms with E-state index >= 15 is 0 Å². The number of aryl methyl sites for hydroxylation is 1. The minimum atomic E-state index is -0.294.